The lowest BCUT2D eigenvalue weighted by atomic mass is 10.2. The van der Waals surface area contributed by atoms with Crippen LogP contribution in [0, 0.1) is 0 Å². The summed E-state index contributed by atoms with van der Waals surface area (Å²) in [5, 5.41) is 4.07. The molecule has 18 heavy (non-hydrogen) atoms. The number of ether oxygens (including phenoxy) is 1. The Bertz CT molecular complexity index is 370. The second kappa shape index (κ2) is 6.51. The number of hydrogen-bond acceptors (Lipinski definition) is 7. The number of methoxy groups -OCH3 is 1. The highest BCUT2D eigenvalue weighted by Crippen LogP contribution is 2.26. The van der Waals surface area contributed by atoms with Crippen molar-refractivity contribution in [3.05, 3.63) is 11.7 Å². The molecule has 6 nitrogen and oxygen atoms in total. The van der Waals surface area contributed by atoms with E-state index in [4.69, 9.17) is 15.0 Å². The molecule has 0 spiro atoms. The van der Waals surface area contributed by atoms with Gasteiger partial charge in [0.25, 0.3) is 0 Å². The zero-order chi connectivity index (χ0) is 13.0. The Hall–Kier alpha value is -0.630. The summed E-state index contributed by atoms with van der Waals surface area (Å²) < 4.78 is 10.5. The predicted octanol–water partition coefficient (Wildman–Crippen LogP) is 0.306. The Balaban J connectivity index is 2.00. The molecule has 1 aliphatic heterocycles. The minimum Gasteiger partial charge on any atom is -0.380 e. The van der Waals surface area contributed by atoms with E-state index in [9.17, 15) is 0 Å². The fourth-order valence-corrected chi connectivity index (χ4v) is 3.11. The van der Waals surface area contributed by atoms with Crippen molar-refractivity contribution in [1.29, 1.82) is 0 Å². The molecule has 1 fully saturated rings. The molecule has 2 unspecified atom stereocenters. The average molecular weight is 272 g/mol. The van der Waals surface area contributed by atoms with Crippen LogP contribution in [0.15, 0.2) is 4.52 Å². The van der Waals surface area contributed by atoms with Gasteiger partial charge in [-0.15, -0.1) is 0 Å². The van der Waals surface area contributed by atoms with Gasteiger partial charge >= 0.3 is 0 Å². The molecule has 1 aliphatic rings. The van der Waals surface area contributed by atoms with Crippen LogP contribution in [0.2, 0.25) is 0 Å². The van der Waals surface area contributed by atoms with Crippen LogP contribution in [0.4, 0.5) is 0 Å². The van der Waals surface area contributed by atoms with Crippen LogP contribution in [-0.4, -0.2) is 59.9 Å². The van der Waals surface area contributed by atoms with Crippen molar-refractivity contribution in [2.24, 2.45) is 5.73 Å². The van der Waals surface area contributed by atoms with Crippen molar-refractivity contribution in [3.63, 3.8) is 0 Å². The summed E-state index contributed by atoms with van der Waals surface area (Å²) in [4.78, 5) is 6.72. The van der Waals surface area contributed by atoms with Gasteiger partial charge in [-0.3, -0.25) is 4.90 Å². The zero-order valence-corrected chi connectivity index (χ0v) is 11.7. The van der Waals surface area contributed by atoms with Gasteiger partial charge in [0.15, 0.2) is 5.82 Å². The van der Waals surface area contributed by atoms with Crippen molar-refractivity contribution < 1.29 is 9.26 Å². The summed E-state index contributed by atoms with van der Waals surface area (Å²) in [6.45, 7) is 1.51. The number of nitrogens with two attached hydrogens (primary N) is 1. The molecule has 0 amide bonds. The van der Waals surface area contributed by atoms with Gasteiger partial charge in [-0.1, -0.05) is 5.16 Å². The highest BCUT2D eigenvalue weighted by molar-refractivity contribution is 7.99. The molecular weight excluding hydrogens is 252 g/mol. The third kappa shape index (κ3) is 3.23. The van der Waals surface area contributed by atoms with Gasteiger partial charge in [-0.05, 0) is 7.05 Å². The first-order valence-corrected chi connectivity index (χ1v) is 7.23. The van der Waals surface area contributed by atoms with E-state index in [2.05, 4.69) is 22.1 Å². The Morgan fingerprint density at radius 3 is 3.17 bits per heavy atom. The molecule has 0 aliphatic carbocycles. The van der Waals surface area contributed by atoms with Gasteiger partial charge in [0.1, 0.15) is 0 Å². The molecule has 1 aromatic heterocycles. The van der Waals surface area contributed by atoms with Crippen LogP contribution in [0.5, 0.6) is 0 Å². The van der Waals surface area contributed by atoms with Crippen molar-refractivity contribution in [3.8, 4) is 0 Å². The molecule has 1 aromatic rings. The van der Waals surface area contributed by atoms with E-state index in [1.54, 1.807) is 7.11 Å². The van der Waals surface area contributed by atoms with Crippen molar-refractivity contribution in [2.45, 2.75) is 18.6 Å². The Labute approximate surface area is 111 Å². The minimum absolute atomic E-state index is 0.0586. The van der Waals surface area contributed by atoms with Crippen molar-refractivity contribution >= 4 is 11.8 Å². The molecule has 0 aromatic carbocycles. The molecular formula is C11H20N4O2S. The van der Waals surface area contributed by atoms with Crippen molar-refractivity contribution in [1.82, 2.24) is 15.0 Å². The Morgan fingerprint density at radius 2 is 2.50 bits per heavy atom. The van der Waals surface area contributed by atoms with Crippen LogP contribution >= 0.6 is 11.8 Å². The molecule has 102 valence electrons. The monoisotopic (exact) mass is 272 g/mol. The van der Waals surface area contributed by atoms with E-state index in [-0.39, 0.29) is 12.1 Å². The van der Waals surface area contributed by atoms with Gasteiger partial charge in [0.2, 0.25) is 5.89 Å². The molecule has 0 bridgehead atoms. The van der Waals surface area contributed by atoms with Gasteiger partial charge in [-0.2, -0.15) is 16.7 Å². The summed E-state index contributed by atoms with van der Waals surface area (Å²) in [6, 6.07) is 0.250. The maximum absolute atomic E-state index is 5.58. The topological polar surface area (TPSA) is 77.4 Å². The quantitative estimate of drug-likeness (QED) is 0.826. The van der Waals surface area contributed by atoms with Crippen molar-refractivity contribution in [2.75, 3.05) is 38.8 Å². The SMILES string of the molecule is COC(CN)Cc1nc(C2CSCCN2C)no1. The van der Waals surface area contributed by atoms with Crippen LogP contribution in [0.3, 0.4) is 0 Å². The number of nitrogens with zero attached hydrogens (tertiary/aromatic N) is 3. The second-order valence-electron chi connectivity index (χ2n) is 4.42. The Morgan fingerprint density at radius 1 is 1.67 bits per heavy atom. The maximum atomic E-state index is 5.58. The fourth-order valence-electron chi connectivity index (χ4n) is 1.90. The first-order valence-electron chi connectivity index (χ1n) is 6.08. The molecule has 1 saturated heterocycles. The number of hydrogen-bond donors (Lipinski definition) is 1. The summed E-state index contributed by atoms with van der Waals surface area (Å²) in [6.07, 6.45) is 0.514. The third-order valence-electron chi connectivity index (χ3n) is 3.18. The van der Waals surface area contributed by atoms with E-state index < -0.39 is 0 Å². The van der Waals surface area contributed by atoms with E-state index in [0.717, 1.165) is 23.9 Å². The number of aromatic nitrogens is 2. The standard InChI is InChI=1S/C11H20N4O2S/c1-15-3-4-18-7-9(15)11-13-10(17-14-11)5-8(6-12)16-2/h8-9H,3-7,12H2,1-2H3. The van der Waals surface area contributed by atoms with Gasteiger partial charge < -0.3 is 15.0 Å². The molecule has 0 radical (unpaired) electrons. The largest absolute Gasteiger partial charge is 0.380 e. The molecule has 7 heteroatoms. The van der Waals surface area contributed by atoms with Gasteiger partial charge in [0, 0.05) is 31.7 Å². The van der Waals surface area contributed by atoms with Crippen LogP contribution < -0.4 is 5.73 Å². The first kappa shape index (κ1) is 13.8. The normalized spacial score (nSPS) is 23.2. The number of rotatable bonds is 5. The first-order chi connectivity index (χ1) is 8.74. The highest BCUT2D eigenvalue weighted by atomic mass is 32.2. The molecule has 2 atom stereocenters. The summed E-state index contributed by atoms with van der Waals surface area (Å²) in [5.74, 6) is 3.55. The van der Waals surface area contributed by atoms with E-state index >= 15 is 0 Å². The molecule has 0 saturated carbocycles. The van der Waals surface area contributed by atoms with E-state index in [1.807, 2.05) is 11.8 Å². The van der Waals surface area contributed by atoms with Gasteiger partial charge in [-0.25, -0.2) is 0 Å². The van der Waals surface area contributed by atoms with Crippen LogP contribution in [-0.2, 0) is 11.2 Å². The summed E-state index contributed by atoms with van der Waals surface area (Å²) in [7, 11) is 3.73. The maximum Gasteiger partial charge on any atom is 0.229 e. The summed E-state index contributed by atoms with van der Waals surface area (Å²) >= 11 is 1.93. The fraction of sp³-hybridized carbons (Fsp3) is 0.818. The lowest BCUT2D eigenvalue weighted by Crippen LogP contribution is -2.33. The van der Waals surface area contributed by atoms with Gasteiger partial charge in [0.05, 0.1) is 18.6 Å². The molecule has 2 rings (SSSR count). The predicted molar refractivity (Wildman–Crippen MR) is 70.5 cm³/mol. The Kier molecular flexibility index (Phi) is 4.99. The van der Waals surface area contributed by atoms with Crippen LogP contribution in [0.25, 0.3) is 0 Å². The average Bonchev–Trinajstić information content (AvgIpc) is 2.85. The smallest absolute Gasteiger partial charge is 0.229 e. The lowest BCUT2D eigenvalue weighted by molar-refractivity contribution is 0.102. The molecule has 2 N–H and O–H groups in total. The second-order valence-corrected chi connectivity index (χ2v) is 5.57. The lowest BCUT2D eigenvalue weighted by Gasteiger charge is -2.29. The van der Waals surface area contributed by atoms with Crippen LogP contribution in [0.1, 0.15) is 17.8 Å². The minimum atomic E-state index is -0.0586. The van der Waals surface area contributed by atoms with E-state index in [1.165, 1.54) is 0 Å². The summed E-state index contributed by atoms with van der Waals surface area (Å²) in [5.41, 5.74) is 5.58. The zero-order valence-electron chi connectivity index (χ0n) is 10.8. The highest BCUT2D eigenvalue weighted by Gasteiger charge is 2.26. The number of thioether (sulfide) groups is 1. The van der Waals surface area contributed by atoms with E-state index in [0.29, 0.717) is 18.9 Å². The third-order valence-corrected chi connectivity index (χ3v) is 4.20. The molecule has 2 heterocycles.